The first-order valence-corrected chi connectivity index (χ1v) is 11.8. The minimum absolute atomic E-state index is 0.171. The Morgan fingerprint density at radius 1 is 1.00 bits per heavy atom. The van der Waals surface area contributed by atoms with Crippen molar-refractivity contribution in [3.8, 4) is 5.75 Å². The molecule has 5 nitrogen and oxygen atoms in total. The maximum Gasteiger partial charge on any atom is 0.323 e. The fraction of sp³-hybridized carbons (Fsp3) is 0.286. The van der Waals surface area contributed by atoms with Crippen LogP contribution >= 0.6 is 11.6 Å². The van der Waals surface area contributed by atoms with Crippen LogP contribution in [0.3, 0.4) is 0 Å². The molecule has 1 heterocycles. The van der Waals surface area contributed by atoms with Crippen molar-refractivity contribution in [3.05, 3.63) is 100 Å². The highest BCUT2D eigenvalue weighted by Gasteiger charge is 2.35. The molecule has 0 saturated heterocycles. The van der Waals surface area contributed by atoms with E-state index in [9.17, 15) is 14.7 Å². The van der Waals surface area contributed by atoms with Crippen LogP contribution in [0.25, 0.3) is 0 Å². The molecule has 0 unspecified atom stereocenters. The third-order valence-corrected chi connectivity index (χ3v) is 6.31. The van der Waals surface area contributed by atoms with Gasteiger partial charge in [0.25, 0.3) is 0 Å². The van der Waals surface area contributed by atoms with Crippen LogP contribution in [0.15, 0.2) is 72.8 Å². The predicted molar refractivity (Wildman–Crippen MR) is 132 cm³/mol. The summed E-state index contributed by atoms with van der Waals surface area (Å²) in [4.78, 5) is 25.5. The van der Waals surface area contributed by atoms with Gasteiger partial charge in [-0.1, -0.05) is 66.2 Å². The van der Waals surface area contributed by atoms with E-state index in [0.717, 1.165) is 40.3 Å². The van der Waals surface area contributed by atoms with E-state index in [1.165, 1.54) is 10.5 Å². The quantitative estimate of drug-likeness (QED) is 0.452. The molecule has 34 heavy (non-hydrogen) atoms. The van der Waals surface area contributed by atoms with Crippen LogP contribution in [0.2, 0.25) is 5.02 Å². The summed E-state index contributed by atoms with van der Waals surface area (Å²) in [6, 6.07) is 23.3. The number of carbonyl (C=O) groups is 2. The second-order valence-corrected chi connectivity index (χ2v) is 9.54. The Morgan fingerprint density at radius 2 is 1.71 bits per heavy atom. The number of rotatable bonds is 9. The number of halogens is 1. The molecule has 0 bridgehead atoms. The normalized spacial score (nSPS) is 16.5. The molecule has 0 aromatic heterocycles. The number of carboxylic acids is 1. The first kappa shape index (κ1) is 23.8. The van der Waals surface area contributed by atoms with Crippen molar-refractivity contribution in [3.63, 3.8) is 0 Å². The van der Waals surface area contributed by atoms with Crippen molar-refractivity contribution in [2.24, 2.45) is 0 Å². The van der Waals surface area contributed by atoms with Gasteiger partial charge in [-0.3, -0.25) is 9.59 Å². The Balaban J connectivity index is 1.38. The van der Waals surface area contributed by atoms with Crippen LogP contribution in [-0.2, 0) is 35.4 Å². The van der Waals surface area contributed by atoms with Gasteiger partial charge in [-0.15, -0.1) is 0 Å². The zero-order valence-corrected chi connectivity index (χ0v) is 19.9. The first-order chi connectivity index (χ1) is 16.3. The minimum Gasteiger partial charge on any atom is -0.487 e. The van der Waals surface area contributed by atoms with Gasteiger partial charge in [-0.2, -0.15) is 0 Å². The maximum atomic E-state index is 12.8. The number of hydrogen-bond acceptors (Lipinski definition) is 3. The third kappa shape index (κ3) is 6.17. The predicted octanol–water partition coefficient (Wildman–Crippen LogP) is 5.32. The number of nitrogens with zero attached hydrogens (tertiary/aromatic N) is 1. The van der Waals surface area contributed by atoms with Crippen molar-refractivity contribution in [1.29, 1.82) is 0 Å². The largest absolute Gasteiger partial charge is 0.487 e. The van der Waals surface area contributed by atoms with E-state index in [-0.39, 0.29) is 31.0 Å². The molecule has 0 spiro atoms. The number of benzene rings is 3. The van der Waals surface area contributed by atoms with Crippen LogP contribution in [0.5, 0.6) is 5.75 Å². The van der Waals surface area contributed by atoms with Crippen molar-refractivity contribution >= 4 is 23.5 Å². The smallest absolute Gasteiger partial charge is 0.323 e. The number of fused-ring (bicyclic) bond motifs is 1. The number of amides is 1. The molecule has 6 heteroatoms. The van der Waals surface area contributed by atoms with Crippen LogP contribution in [0, 0.1) is 0 Å². The summed E-state index contributed by atoms with van der Waals surface area (Å²) in [5.74, 6) is -0.308. The van der Waals surface area contributed by atoms with Crippen molar-refractivity contribution in [2.45, 2.75) is 44.8 Å². The van der Waals surface area contributed by atoms with Crippen LogP contribution in [-0.4, -0.2) is 34.0 Å². The lowest BCUT2D eigenvalue weighted by atomic mass is 9.91. The van der Waals surface area contributed by atoms with Crippen molar-refractivity contribution in [1.82, 2.24) is 4.90 Å². The molecule has 4 rings (SSSR count). The second kappa shape index (κ2) is 10.3. The number of carbonyl (C=O) groups excluding carboxylic acids is 1. The van der Waals surface area contributed by atoms with E-state index in [1.54, 1.807) is 0 Å². The summed E-state index contributed by atoms with van der Waals surface area (Å²) < 4.78 is 6.28. The highest BCUT2D eigenvalue weighted by molar-refractivity contribution is 6.30. The van der Waals surface area contributed by atoms with E-state index >= 15 is 0 Å². The van der Waals surface area contributed by atoms with Gasteiger partial charge in [0.2, 0.25) is 5.91 Å². The molecule has 3 aromatic carbocycles. The number of carboxylic acid groups (broad SMARTS) is 1. The minimum atomic E-state index is -1.01. The van der Waals surface area contributed by atoms with Gasteiger partial charge in [-0.05, 0) is 53.8 Å². The summed E-state index contributed by atoms with van der Waals surface area (Å²) in [6.07, 6.45) is 2.36. The van der Waals surface area contributed by atoms with Gasteiger partial charge < -0.3 is 14.7 Å². The molecule has 1 amide bonds. The van der Waals surface area contributed by atoms with E-state index in [0.29, 0.717) is 6.42 Å². The number of aryl methyl sites for hydroxylation is 1. The molecule has 0 aliphatic carbocycles. The monoisotopic (exact) mass is 477 g/mol. The standard InChI is InChI=1S/C28H28ClNO4/c1-28(16-21-7-11-24(29)12-8-21)17-23-15-20(9-13-25(23)34-28)10-14-26(31)30(19-27(32)33)18-22-5-3-2-4-6-22/h2-9,11-13,15H,10,14,16-19H2,1H3,(H,32,33)/t28-/m1/s1. The summed E-state index contributed by atoms with van der Waals surface area (Å²) in [6.45, 7) is 2.08. The fourth-order valence-corrected chi connectivity index (χ4v) is 4.60. The molecule has 1 N–H and O–H groups in total. The topological polar surface area (TPSA) is 66.8 Å². The van der Waals surface area contributed by atoms with E-state index in [1.807, 2.05) is 66.7 Å². The van der Waals surface area contributed by atoms with Gasteiger partial charge in [0, 0.05) is 30.8 Å². The summed E-state index contributed by atoms with van der Waals surface area (Å²) >= 11 is 6.00. The molecule has 1 aliphatic heterocycles. The average molecular weight is 478 g/mol. The number of aliphatic carboxylic acids is 1. The average Bonchev–Trinajstić information content (AvgIpc) is 3.14. The van der Waals surface area contributed by atoms with Gasteiger partial charge in [0.15, 0.2) is 0 Å². The number of ether oxygens (including phenoxy) is 1. The Labute approximate surface area is 204 Å². The Kier molecular flexibility index (Phi) is 7.23. The van der Waals surface area contributed by atoms with Crippen LogP contribution in [0.1, 0.15) is 35.6 Å². The van der Waals surface area contributed by atoms with E-state index < -0.39 is 5.97 Å². The fourth-order valence-electron chi connectivity index (χ4n) is 4.47. The molecule has 1 atom stereocenters. The molecular weight excluding hydrogens is 450 g/mol. The molecule has 0 fully saturated rings. The van der Waals surface area contributed by atoms with Gasteiger partial charge in [0.1, 0.15) is 17.9 Å². The molecule has 176 valence electrons. The molecule has 3 aromatic rings. The summed E-state index contributed by atoms with van der Waals surface area (Å²) in [5.41, 5.74) is 3.92. The number of hydrogen-bond donors (Lipinski definition) is 1. The van der Waals surface area contributed by atoms with Crippen molar-refractivity contribution < 1.29 is 19.4 Å². The van der Waals surface area contributed by atoms with Crippen LogP contribution in [0.4, 0.5) is 0 Å². The second-order valence-electron chi connectivity index (χ2n) is 9.10. The maximum absolute atomic E-state index is 12.8. The summed E-state index contributed by atoms with van der Waals surface area (Å²) in [7, 11) is 0. The van der Waals surface area contributed by atoms with Gasteiger partial charge in [-0.25, -0.2) is 0 Å². The zero-order valence-electron chi connectivity index (χ0n) is 19.2. The lowest BCUT2D eigenvalue weighted by Crippen LogP contribution is -2.35. The molecule has 1 aliphatic rings. The van der Waals surface area contributed by atoms with E-state index in [2.05, 4.69) is 13.0 Å². The highest BCUT2D eigenvalue weighted by atomic mass is 35.5. The molecular formula is C28H28ClNO4. The van der Waals surface area contributed by atoms with Gasteiger partial charge in [0.05, 0.1) is 0 Å². The van der Waals surface area contributed by atoms with Crippen LogP contribution < -0.4 is 4.74 Å². The first-order valence-electron chi connectivity index (χ1n) is 11.4. The Morgan fingerprint density at radius 3 is 2.41 bits per heavy atom. The SMILES string of the molecule is C[C@@]1(Cc2ccc(Cl)cc2)Cc2cc(CCC(=O)N(CC(=O)O)Cc3ccccc3)ccc2O1. The Bertz CT molecular complexity index is 1160. The molecule has 0 saturated carbocycles. The lowest BCUT2D eigenvalue weighted by Gasteiger charge is -2.24. The molecule has 0 radical (unpaired) electrons. The van der Waals surface area contributed by atoms with E-state index in [4.69, 9.17) is 16.3 Å². The van der Waals surface area contributed by atoms with Gasteiger partial charge >= 0.3 is 5.97 Å². The highest BCUT2D eigenvalue weighted by Crippen LogP contribution is 2.37. The summed E-state index contributed by atoms with van der Waals surface area (Å²) in [5, 5.41) is 9.97. The van der Waals surface area contributed by atoms with Crippen molar-refractivity contribution in [2.75, 3.05) is 6.54 Å². The lowest BCUT2D eigenvalue weighted by molar-refractivity contribution is -0.144. The third-order valence-electron chi connectivity index (χ3n) is 6.06. The Hall–Kier alpha value is -3.31. The zero-order chi connectivity index (χ0) is 24.1.